The molecule has 1 heteroatoms. The SMILES string of the molecule is C/C=C\C(=C/C)CCCNC. The van der Waals surface area contributed by atoms with E-state index in [1.807, 2.05) is 7.05 Å². The normalized spacial score (nSPS) is 12.8. The molecule has 1 N–H and O–H groups in total. The van der Waals surface area contributed by atoms with Crippen molar-refractivity contribution < 1.29 is 0 Å². The van der Waals surface area contributed by atoms with Crippen molar-refractivity contribution in [1.29, 1.82) is 0 Å². The van der Waals surface area contributed by atoms with Crippen LogP contribution in [-0.2, 0) is 0 Å². The van der Waals surface area contributed by atoms with E-state index in [0.717, 1.165) is 6.54 Å². The first kappa shape index (κ1) is 10.4. The number of nitrogens with one attached hydrogen (secondary N) is 1. The smallest absolute Gasteiger partial charge is 0.00488 e. The molecule has 0 atom stereocenters. The van der Waals surface area contributed by atoms with Crippen molar-refractivity contribution >= 4 is 0 Å². The molecule has 1 nitrogen and oxygen atoms in total. The minimum Gasteiger partial charge on any atom is -0.320 e. The second kappa shape index (κ2) is 7.55. The molecule has 0 aliphatic rings. The van der Waals surface area contributed by atoms with E-state index in [1.165, 1.54) is 18.4 Å². The van der Waals surface area contributed by atoms with Crippen LogP contribution in [-0.4, -0.2) is 13.6 Å². The second-order valence-corrected chi connectivity index (χ2v) is 2.57. The molecule has 11 heavy (non-hydrogen) atoms. The first-order chi connectivity index (χ1) is 5.35. The van der Waals surface area contributed by atoms with Crippen molar-refractivity contribution in [3.63, 3.8) is 0 Å². The average molecular weight is 153 g/mol. The van der Waals surface area contributed by atoms with Gasteiger partial charge in [0.1, 0.15) is 0 Å². The molecule has 0 aliphatic heterocycles. The highest BCUT2D eigenvalue weighted by Gasteiger charge is 1.89. The number of hydrogen-bond acceptors (Lipinski definition) is 1. The molecule has 0 aliphatic carbocycles. The van der Waals surface area contributed by atoms with Gasteiger partial charge in [-0.1, -0.05) is 23.8 Å². The van der Waals surface area contributed by atoms with Crippen molar-refractivity contribution in [2.75, 3.05) is 13.6 Å². The van der Waals surface area contributed by atoms with Crippen molar-refractivity contribution in [1.82, 2.24) is 5.32 Å². The zero-order valence-electron chi connectivity index (χ0n) is 7.85. The predicted octanol–water partition coefficient (Wildman–Crippen LogP) is 2.51. The highest BCUT2D eigenvalue weighted by atomic mass is 14.8. The first-order valence-electron chi connectivity index (χ1n) is 4.27. The zero-order valence-corrected chi connectivity index (χ0v) is 7.85. The molecule has 0 saturated heterocycles. The van der Waals surface area contributed by atoms with E-state index >= 15 is 0 Å². The van der Waals surface area contributed by atoms with Crippen LogP contribution in [0.15, 0.2) is 23.8 Å². The fourth-order valence-electron chi connectivity index (χ4n) is 1.01. The highest BCUT2D eigenvalue weighted by Crippen LogP contribution is 2.05. The van der Waals surface area contributed by atoms with Crippen LogP contribution in [0.1, 0.15) is 26.7 Å². The summed E-state index contributed by atoms with van der Waals surface area (Å²) in [5.74, 6) is 0. The summed E-state index contributed by atoms with van der Waals surface area (Å²) in [6.45, 7) is 5.26. The molecule has 0 saturated carbocycles. The van der Waals surface area contributed by atoms with Gasteiger partial charge in [-0.05, 0) is 40.3 Å². The molecule has 0 radical (unpaired) electrons. The maximum absolute atomic E-state index is 3.14. The summed E-state index contributed by atoms with van der Waals surface area (Å²) < 4.78 is 0. The molecule has 64 valence electrons. The Morgan fingerprint density at radius 3 is 2.55 bits per heavy atom. The van der Waals surface area contributed by atoms with Gasteiger partial charge >= 0.3 is 0 Å². The molecule has 0 fully saturated rings. The fourth-order valence-corrected chi connectivity index (χ4v) is 1.01. The lowest BCUT2D eigenvalue weighted by Gasteiger charge is -2.00. The molecule has 0 amide bonds. The lowest BCUT2D eigenvalue weighted by molar-refractivity contribution is 0.726. The van der Waals surface area contributed by atoms with E-state index in [1.54, 1.807) is 0 Å². The summed E-state index contributed by atoms with van der Waals surface area (Å²) in [6.07, 6.45) is 8.85. The monoisotopic (exact) mass is 153 g/mol. The summed E-state index contributed by atoms with van der Waals surface area (Å²) in [4.78, 5) is 0. The maximum atomic E-state index is 3.14. The van der Waals surface area contributed by atoms with Gasteiger partial charge in [-0.15, -0.1) is 0 Å². The first-order valence-corrected chi connectivity index (χ1v) is 4.27. The Hall–Kier alpha value is -0.560. The van der Waals surface area contributed by atoms with Crippen molar-refractivity contribution in [2.24, 2.45) is 0 Å². The molecule has 0 spiro atoms. The van der Waals surface area contributed by atoms with Crippen LogP contribution in [0, 0.1) is 0 Å². The minimum atomic E-state index is 1.11. The van der Waals surface area contributed by atoms with Crippen LogP contribution in [0.3, 0.4) is 0 Å². The number of allylic oxidation sites excluding steroid dienone is 4. The molecular formula is C10H19N. The van der Waals surface area contributed by atoms with Gasteiger partial charge < -0.3 is 5.32 Å². The van der Waals surface area contributed by atoms with Crippen LogP contribution in [0.5, 0.6) is 0 Å². The largest absolute Gasteiger partial charge is 0.320 e. The van der Waals surface area contributed by atoms with Gasteiger partial charge in [-0.25, -0.2) is 0 Å². The Kier molecular flexibility index (Phi) is 7.16. The van der Waals surface area contributed by atoms with Crippen LogP contribution < -0.4 is 5.32 Å². The Labute approximate surface area is 70.2 Å². The zero-order chi connectivity index (χ0) is 8.53. The maximum Gasteiger partial charge on any atom is -0.00488 e. The molecule has 0 bridgehead atoms. The van der Waals surface area contributed by atoms with Crippen molar-refractivity contribution in [2.45, 2.75) is 26.7 Å². The molecule has 0 aromatic rings. The fraction of sp³-hybridized carbons (Fsp3) is 0.600. The van der Waals surface area contributed by atoms with Crippen molar-refractivity contribution in [3.05, 3.63) is 23.8 Å². The Bertz CT molecular complexity index is 134. The molecule has 0 aromatic carbocycles. The molecule has 0 unspecified atom stereocenters. The van der Waals surface area contributed by atoms with Gasteiger partial charge in [0.2, 0.25) is 0 Å². The predicted molar refractivity (Wildman–Crippen MR) is 51.7 cm³/mol. The van der Waals surface area contributed by atoms with Crippen LogP contribution >= 0.6 is 0 Å². The highest BCUT2D eigenvalue weighted by molar-refractivity contribution is 5.16. The molecule has 0 aromatic heterocycles. The van der Waals surface area contributed by atoms with Gasteiger partial charge in [-0.3, -0.25) is 0 Å². The summed E-state index contributed by atoms with van der Waals surface area (Å²) in [7, 11) is 1.99. The minimum absolute atomic E-state index is 1.11. The van der Waals surface area contributed by atoms with Gasteiger partial charge in [0.15, 0.2) is 0 Å². The summed E-state index contributed by atoms with van der Waals surface area (Å²) in [5.41, 5.74) is 1.43. The lowest BCUT2D eigenvalue weighted by atomic mass is 10.1. The standard InChI is InChI=1S/C10H19N/c1-4-7-10(5-2)8-6-9-11-3/h4-5,7,11H,6,8-9H2,1-3H3/b7-4-,10-5+. The summed E-state index contributed by atoms with van der Waals surface area (Å²) in [5, 5.41) is 3.14. The second-order valence-electron chi connectivity index (χ2n) is 2.57. The van der Waals surface area contributed by atoms with E-state index in [0.29, 0.717) is 0 Å². The third kappa shape index (κ3) is 5.86. The topological polar surface area (TPSA) is 12.0 Å². The van der Waals surface area contributed by atoms with E-state index in [2.05, 4.69) is 37.4 Å². The van der Waals surface area contributed by atoms with E-state index < -0.39 is 0 Å². The molecule has 0 heterocycles. The average Bonchev–Trinajstić information content (AvgIpc) is 2.03. The van der Waals surface area contributed by atoms with Crippen LogP contribution in [0.4, 0.5) is 0 Å². The quantitative estimate of drug-likeness (QED) is 0.472. The Morgan fingerprint density at radius 1 is 1.36 bits per heavy atom. The third-order valence-corrected chi connectivity index (χ3v) is 1.64. The number of hydrogen-bond donors (Lipinski definition) is 1. The van der Waals surface area contributed by atoms with E-state index in [-0.39, 0.29) is 0 Å². The molecular weight excluding hydrogens is 134 g/mol. The van der Waals surface area contributed by atoms with Gasteiger partial charge in [0.25, 0.3) is 0 Å². The van der Waals surface area contributed by atoms with E-state index in [9.17, 15) is 0 Å². The molecule has 0 rings (SSSR count). The summed E-state index contributed by atoms with van der Waals surface area (Å²) >= 11 is 0. The van der Waals surface area contributed by atoms with Crippen molar-refractivity contribution in [3.8, 4) is 0 Å². The lowest BCUT2D eigenvalue weighted by Crippen LogP contribution is -2.07. The van der Waals surface area contributed by atoms with E-state index in [4.69, 9.17) is 0 Å². The van der Waals surface area contributed by atoms with Crippen LogP contribution in [0.25, 0.3) is 0 Å². The third-order valence-electron chi connectivity index (χ3n) is 1.64. The Balaban J connectivity index is 3.54. The van der Waals surface area contributed by atoms with Crippen LogP contribution in [0.2, 0.25) is 0 Å². The van der Waals surface area contributed by atoms with Gasteiger partial charge in [-0.2, -0.15) is 0 Å². The van der Waals surface area contributed by atoms with Gasteiger partial charge in [0, 0.05) is 0 Å². The van der Waals surface area contributed by atoms with Gasteiger partial charge in [0.05, 0.1) is 0 Å². The number of rotatable bonds is 5. The summed E-state index contributed by atoms with van der Waals surface area (Å²) in [6, 6.07) is 0. The Morgan fingerprint density at radius 2 is 2.09 bits per heavy atom.